The first-order chi connectivity index (χ1) is 9.15. The van der Waals surface area contributed by atoms with E-state index in [1.807, 2.05) is 12.1 Å². The van der Waals surface area contributed by atoms with Crippen LogP contribution in [-0.4, -0.2) is 12.1 Å². The predicted molar refractivity (Wildman–Crippen MR) is 75.0 cm³/mol. The molecule has 0 amide bonds. The minimum atomic E-state index is 0.500. The standard InChI is InChI=1S/C16H16N2O/c1-11(2)12-4-6-13(7-5-12)15-8-14(9-17)16(19-3)10-18-15/h4-8,10-11H,1-3H3. The summed E-state index contributed by atoms with van der Waals surface area (Å²) in [6, 6.07) is 12.1. The van der Waals surface area contributed by atoms with Gasteiger partial charge < -0.3 is 4.74 Å². The summed E-state index contributed by atoms with van der Waals surface area (Å²) in [6.45, 7) is 4.32. The van der Waals surface area contributed by atoms with Crippen molar-refractivity contribution in [3.8, 4) is 23.1 Å². The number of hydrogen-bond acceptors (Lipinski definition) is 3. The van der Waals surface area contributed by atoms with E-state index < -0.39 is 0 Å². The maximum Gasteiger partial charge on any atom is 0.154 e. The fourth-order valence-electron chi connectivity index (χ4n) is 1.89. The highest BCUT2D eigenvalue weighted by molar-refractivity contribution is 5.63. The molecule has 0 aliphatic heterocycles. The van der Waals surface area contributed by atoms with Gasteiger partial charge in [0, 0.05) is 5.56 Å². The third-order valence-corrected chi connectivity index (χ3v) is 3.08. The highest BCUT2D eigenvalue weighted by Gasteiger charge is 2.07. The highest BCUT2D eigenvalue weighted by Crippen LogP contribution is 2.25. The van der Waals surface area contributed by atoms with Crippen LogP contribution in [0, 0.1) is 11.3 Å². The Bertz CT molecular complexity index is 610. The fraction of sp³-hybridized carbons (Fsp3) is 0.250. The van der Waals surface area contributed by atoms with E-state index in [4.69, 9.17) is 10.00 Å². The van der Waals surface area contributed by atoms with Crippen LogP contribution >= 0.6 is 0 Å². The second-order valence-corrected chi connectivity index (χ2v) is 4.66. The summed E-state index contributed by atoms with van der Waals surface area (Å²) < 4.78 is 5.09. The first-order valence-electron chi connectivity index (χ1n) is 6.20. The smallest absolute Gasteiger partial charge is 0.154 e. The molecular weight excluding hydrogens is 236 g/mol. The Morgan fingerprint density at radius 3 is 2.42 bits per heavy atom. The van der Waals surface area contributed by atoms with Crippen molar-refractivity contribution in [2.24, 2.45) is 0 Å². The average Bonchev–Trinajstić information content (AvgIpc) is 2.46. The zero-order valence-electron chi connectivity index (χ0n) is 11.3. The van der Waals surface area contributed by atoms with Crippen LogP contribution in [0.25, 0.3) is 11.3 Å². The summed E-state index contributed by atoms with van der Waals surface area (Å²) in [5, 5.41) is 9.08. The molecule has 0 spiro atoms. The van der Waals surface area contributed by atoms with E-state index >= 15 is 0 Å². The molecule has 0 radical (unpaired) electrons. The molecule has 0 aliphatic rings. The lowest BCUT2D eigenvalue weighted by Gasteiger charge is -2.08. The maximum absolute atomic E-state index is 9.08. The average molecular weight is 252 g/mol. The maximum atomic E-state index is 9.08. The zero-order valence-corrected chi connectivity index (χ0v) is 11.3. The summed E-state index contributed by atoms with van der Waals surface area (Å²) in [4.78, 5) is 4.33. The molecule has 2 rings (SSSR count). The van der Waals surface area contributed by atoms with Gasteiger partial charge in [0.05, 0.1) is 24.6 Å². The van der Waals surface area contributed by atoms with Crippen LogP contribution in [-0.2, 0) is 0 Å². The van der Waals surface area contributed by atoms with Crippen LogP contribution < -0.4 is 4.74 Å². The van der Waals surface area contributed by atoms with E-state index in [0.29, 0.717) is 17.2 Å². The van der Waals surface area contributed by atoms with Crippen LogP contribution in [0.5, 0.6) is 5.75 Å². The van der Waals surface area contributed by atoms with Gasteiger partial charge >= 0.3 is 0 Å². The van der Waals surface area contributed by atoms with E-state index in [2.05, 4.69) is 37.0 Å². The van der Waals surface area contributed by atoms with Crippen molar-refractivity contribution in [3.63, 3.8) is 0 Å². The summed E-state index contributed by atoms with van der Waals surface area (Å²) in [7, 11) is 1.54. The Labute approximate surface area is 113 Å². The van der Waals surface area contributed by atoms with Gasteiger partial charge in [0.1, 0.15) is 6.07 Å². The molecule has 0 atom stereocenters. The van der Waals surface area contributed by atoms with Gasteiger partial charge in [-0.3, -0.25) is 4.98 Å². The number of pyridine rings is 1. The predicted octanol–water partition coefficient (Wildman–Crippen LogP) is 3.75. The van der Waals surface area contributed by atoms with Gasteiger partial charge in [-0.1, -0.05) is 38.1 Å². The minimum absolute atomic E-state index is 0.500. The summed E-state index contributed by atoms with van der Waals surface area (Å²) >= 11 is 0. The van der Waals surface area contributed by atoms with Crippen molar-refractivity contribution in [2.75, 3.05) is 7.11 Å². The monoisotopic (exact) mass is 252 g/mol. The van der Waals surface area contributed by atoms with Crippen molar-refractivity contribution >= 4 is 0 Å². The summed E-state index contributed by atoms with van der Waals surface area (Å²) in [5.74, 6) is 1.01. The zero-order chi connectivity index (χ0) is 13.8. The molecule has 3 nitrogen and oxygen atoms in total. The van der Waals surface area contributed by atoms with E-state index in [0.717, 1.165) is 11.3 Å². The van der Waals surface area contributed by atoms with Gasteiger partial charge in [-0.05, 0) is 17.5 Å². The van der Waals surface area contributed by atoms with Crippen LogP contribution in [0.1, 0.15) is 30.9 Å². The summed E-state index contributed by atoms with van der Waals surface area (Å²) in [5.41, 5.74) is 3.58. The van der Waals surface area contributed by atoms with Gasteiger partial charge in [-0.2, -0.15) is 5.26 Å². The molecule has 1 aromatic heterocycles. The van der Waals surface area contributed by atoms with Crippen molar-refractivity contribution < 1.29 is 4.74 Å². The minimum Gasteiger partial charge on any atom is -0.494 e. The molecule has 0 unspecified atom stereocenters. The Morgan fingerprint density at radius 1 is 1.21 bits per heavy atom. The molecular formula is C16H16N2O. The van der Waals surface area contributed by atoms with E-state index in [1.54, 1.807) is 12.3 Å². The Kier molecular flexibility index (Phi) is 3.82. The van der Waals surface area contributed by atoms with Crippen LogP contribution in [0.4, 0.5) is 0 Å². The third-order valence-electron chi connectivity index (χ3n) is 3.08. The molecule has 0 aliphatic carbocycles. The summed E-state index contributed by atoms with van der Waals surface area (Å²) in [6.07, 6.45) is 1.59. The molecule has 0 saturated carbocycles. The number of rotatable bonds is 3. The second kappa shape index (κ2) is 5.53. The number of nitriles is 1. The van der Waals surface area contributed by atoms with Gasteiger partial charge in [0.15, 0.2) is 5.75 Å². The van der Waals surface area contributed by atoms with Gasteiger partial charge in [-0.25, -0.2) is 0 Å². The Balaban J connectivity index is 2.39. The van der Waals surface area contributed by atoms with Crippen molar-refractivity contribution in [1.82, 2.24) is 4.98 Å². The number of ether oxygens (including phenoxy) is 1. The Morgan fingerprint density at radius 2 is 1.89 bits per heavy atom. The lowest BCUT2D eigenvalue weighted by atomic mass is 10.0. The van der Waals surface area contributed by atoms with Crippen LogP contribution in [0.15, 0.2) is 36.5 Å². The lowest BCUT2D eigenvalue weighted by molar-refractivity contribution is 0.411. The van der Waals surface area contributed by atoms with E-state index in [1.165, 1.54) is 12.7 Å². The first-order valence-corrected chi connectivity index (χ1v) is 6.20. The van der Waals surface area contributed by atoms with E-state index in [-0.39, 0.29) is 0 Å². The van der Waals surface area contributed by atoms with Gasteiger partial charge in [0.2, 0.25) is 0 Å². The van der Waals surface area contributed by atoms with Gasteiger partial charge in [-0.15, -0.1) is 0 Å². The number of benzene rings is 1. The van der Waals surface area contributed by atoms with Crippen molar-refractivity contribution in [3.05, 3.63) is 47.7 Å². The molecule has 2 aromatic rings. The first kappa shape index (κ1) is 13.1. The third kappa shape index (κ3) is 2.74. The van der Waals surface area contributed by atoms with E-state index in [9.17, 15) is 0 Å². The highest BCUT2D eigenvalue weighted by atomic mass is 16.5. The molecule has 0 fully saturated rings. The number of methoxy groups -OCH3 is 1. The number of hydrogen-bond donors (Lipinski definition) is 0. The van der Waals surface area contributed by atoms with Gasteiger partial charge in [0.25, 0.3) is 0 Å². The normalized spacial score (nSPS) is 10.3. The molecule has 0 N–H and O–H groups in total. The quantitative estimate of drug-likeness (QED) is 0.835. The van der Waals surface area contributed by atoms with Crippen molar-refractivity contribution in [2.45, 2.75) is 19.8 Å². The number of nitrogens with zero attached hydrogens (tertiary/aromatic N) is 2. The molecule has 0 saturated heterocycles. The second-order valence-electron chi connectivity index (χ2n) is 4.66. The largest absolute Gasteiger partial charge is 0.494 e. The lowest BCUT2D eigenvalue weighted by Crippen LogP contribution is -1.92. The van der Waals surface area contributed by atoms with Crippen LogP contribution in [0.2, 0.25) is 0 Å². The molecule has 96 valence electrons. The fourth-order valence-corrected chi connectivity index (χ4v) is 1.89. The molecule has 1 heterocycles. The number of aromatic nitrogens is 1. The molecule has 1 aromatic carbocycles. The van der Waals surface area contributed by atoms with Crippen LogP contribution in [0.3, 0.4) is 0 Å². The molecule has 19 heavy (non-hydrogen) atoms. The molecule has 3 heteroatoms. The SMILES string of the molecule is COc1cnc(-c2ccc(C(C)C)cc2)cc1C#N. The Hall–Kier alpha value is -2.34. The topological polar surface area (TPSA) is 45.9 Å². The van der Waals surface area contributed by atoms with Crippen molar-refractivity contribution in [1.29, 1.82) is 5.26 Å². The molecule has 0 bridgehead atoms.